The van der Waals surface area contributed by atoms with Gasteiger partial charge in [0.05, 0.1) is 18.4 Å². The number of aromatic nitrogens is 1. The fourth-order valence-corrected chi connectivity index (χ4v) is 1.34. The summed E-state index contributed by atoms with van der Waals surface area (Å²) in [4.78, 5) is 6.38. The van der Waals surface area contributed by atoms with Crippen molar-refractivity contribution >= 4 is 5.69 Å². The van der Waals surface area contributed by atoms with E-state index in [1.807, 2.05) is 19.2 Å². The molecule has 0 fully saturated rings. The Morgan fingerprint density at radius 1 is 1.58 bits per heavy atom. The van der Waals surface area contributed by atoms with Gasteiger partial charge in [-0.05, 0) is 6.92 Å². The highest BCUT2D eigenvalue weighted by atomic mass is 16.5. The maximum Gasteiger partial charge on any atom is 0.146 e. The Morgan fingerprint density at radius 3 is 3.25 bits per heavy atom. The molecule has 3 heteroatoms. The number of nitrogens with zero attached hydrogens (tertiary/aromatic N) is 2. The van der Waals surface area contributed by atoms with Gasteiger partial charge in [-0.3, -0.25) is 4.98 Å². The van der Waals surface area contributed by atoms with Gasteiger partial charge in [-0.15, -0.1) is 0 Å². The molecule has 0 spiro atoms. The minimum Gasteiger partial charge on any atom is -0.489 e. The second kappa shape index (κ2) is 2.66. The highest BCUT2D eigenvalue weighted by Gasteiger charge is 2.14. The first kappa shape index (κ1) is 7.40. The summed E-state index contributed by atoms with van der Waals surface area (Å²) in [6.07, 6.45) is 1.86. The summed E-state index contributed by atoms with van der Waals surface area (Å²) in [5, 5.41) is 0. The summed E-state index contributed by atoms with van der Waals surface area (Å²) in [7, 11) is 2.05. The van der Waals surface area contributed by atoms with E-state index in [1.165, 1.54) is 0 Å². The zero-order valence-electron chi connectivity index (χ0n) is 7.37. The van der Waals surface area contributed by atoms with Crippen LogP contribution in [0.2, 0.25) is 0 Å². The second-order valence-corrected chi connectivity index (χ2v) is 3.06. The summed E-state index contributed by atoms with van der Waals surface area (Å²) in [6, 6.07) is 1.98. The molecule has 0 saturated carbocycles. The molecule has 2 rings (SSSR count). The van der Waals surface area contributed by atoms with Gasteiger partial charge in [0.1, 0.15) is 12.4 Å². The largest absolute Gasteiger partial charge is 0.489 e. The van der Waals surface area contributed by atoms with E-state index in [4.69, 9.17) is 4.74 Å². The third-order valence-electron chi connectivity index (χ3n) is 2.08. The third-order valence-corrected chi connectivity index (χ3v) is 2.08. The number of hydrogen-bond acceptors (Lipinski definition) is 3. The smallest absolute Gasteiger partial charge is 0.146 e. The first-order valence-electron chi connectivity index (χ1n) is 4.08. The van der Waals surface area contributed by atoms with Gasteiger partial charge in [-0.25, -0.2) is 0 Å². The molecule has 0 atom stereocenters. The first-order valence-corrected chi connectivity index (χ1v) is 4.08. The molecule has 1 aromatic heterocycles. The van der Waals surface area contributed by atoms with E-state index in [0.29, 0.717) is 0 Å². The van der Waals surface area contributed by atoms with Crippen LogP contribution in [0.4, 0.5) is 5.69 Å². The minimum atomic E-state index is 0.771. The van der Waals surface area contributed by atoms with Crippen molar-refractivity contribution in [2.45, 2.75) is 6.92 Å². The van der Waals surface area contributed by atoms with E-state index < -0.39 is 0 Å². The Morgan fingerprint density at radius 2 is 2.42 bits per heavy atom. The minimum absolute atomic E-state index is 0.771. The topological polar surface area (TPSA) is 25.4 Å². The third kappa shape index (κ3) is 1.11. The summed E-state index contributed by atoms with van der Waals surface area (Å²) >= 11 is 0. The van der Waals surface area contributed by atoms with Crippen molar-refractivity contribution in [1.82, 2.24) is 4.98 Å². The monoisotopic (exact) mass is 164 g/mol. The van der Waals surface area contributed by atoms with Crippen molar-refractivity contribution in [3.63, 3.8) is 0 Å². The molecule has 0 aromatic carbocycles. The molecule has 1 aromatic rings. The molecule has 0 radical (unpaired) electrons. The number of rotatable bonds is 0. The van der Waals surface area contributed by atoms with Gasteiger partial charge >= 0.3 is 0 Å². The summed E-state index contributed by atoms with van der Waals surface area (Å²) in [6.45, 7) is 3.68. The van der Waals surface area contributed by atoms with Crippen LogP contribution in [0.3, 0.4) is 0 Å². The molecule has 0 aliphatic carbocycles. The molecule has 1 aliphatic heterocycles. The molecule has 0 bridgehead atoms. The van der Waals surface area contributed by atoms with Crippen LogP contribution >= 0.6 is 0 Å². The van der Waals surface area contributed by atoms with Crippen molar-refractivity contribution in [2.24, 2.45) is 0 Å². The van der Waals surface area contributed by atoms with Gasteiger partial charge < -0.3 is 9.64 Å². The molecule has 0 amide bonds. The standard InChI is InChI=1S/C9H12N2O/c1-7-5-9-8(6-10-7)11(2)3-4-12-9/h5-6H,3-4H2,1-2H3. The normalized spacial score (nSPS) is 15.3. The predicted molar refractivity (Wildman–Crippen MR) is 47.7 cm³/mol. The number of likely N-dealkylation sites (N-methyl/N-ethyl adjacent to an activating group) is 1. The first-order chi connectivity index (χ1) is 5.77. The van der Waals surface area contributed by atoms with E-state index in [1.54, 1.807) is 0 Å². The molecular weight excluding hydrogens is 152 g/mol. The van der Waals surface area contributed by atoms with E-state index in [0.717, 1.165) is 30.3 Å². The van der Waals surface area contributed by atoms with Gasteiger partial charge in [-0.2, -0.15) is 0 Å². The summed E-state index contributed by atoms with van der Waals surface area (Å²) < 4.78 is 5.49. The molecule has 2 heterocycles. The maximum absolute atomic E-state index is 5.49. The fourth-order valence-electron chi connectivity index (χ4n) is 1.34. The lowest BCUT2D eigenvalue weighted by Crippen LogP contribution is -2.28. The van der Waals surface area contributed by atoms with Crippen LogP contribution in [-0.4, -0.2) is 25.2 Å². The van der Waals surface area contributed by atoms with E-state index in [-0.39, 0.29) is 0 Å². The molecule has 12 heavy (non-hydrogen) atoms. The molecule has 3 nitrogen and oxygen atoms in total. The number of anilines is 1. The molecule has 0 saturated heterocycles. The van der Waals surface area contributed by atoms with Gasteiger partial charge in [0.15, 0.2) is 0 Å². The van der Waals surface area contributed by atoms with E-state index in [2.05, 4.69) is 16.9 Å². The molecular formula is C9H12N2O. The van der Waals surface area contributed by atoms with E-state index in [9.17, 15) is 0 Å². The van der Waals surface area contributed by atoms with Crippen molar-refractivity contribution in [3.8, 4) is 5.75 Å². The van der Waals surface area contributed by atoms with Crippen LogP contribution in [0.25, 0.3) is 0 Å². The predicted octanol–water partition coefficient (Wildman–Crippen LogP) is 1.22. The molecule has 0 unspecified atom stereocenters. The molecule has 64 valence electrons. The maximum atomic E-state index is 5.49. The van der Waals surface area contributed by atoms with Crippen molar-refractivity contribution < 1.29 is 4.74 Å². The number of aryl methyl sites for hydroxylation is 1. The Labute approximate surface area is 72.0 Å². The van der Waals surface area contributed by atoms with Crippen LogP contribution in [0, 0.1) is 6.92 Å². The van der Waals surface area contributed by atoms with Gasteiger partial charge in [-0.1, -0.05) is 0 Å². The average Bonchev–Trinajstić information content (AvgIpc) is 2.04. The zero-order chi connectivity index (χ0) is 8.55. The number of pyridine rings is 1. The lowest BCUT2D eigenvalue weighted by atomic mass is 10.3. The van der Waals surface area contributed by atoms with Crippen LogP contribution < -0.4 is 9.64 Å². The zero-order valence-corrected chi connectivity index (χ0v) is 7.37. The Balaban J connectivity index is 2.46. The van der Waals surface area contributed by atoms with Crippen molar-refractivity contribution in [1.29, 1.82) is 0 Å². The lowest BCUT2D eigenvalue weighted by Gasteiger charge is -2.27. The van der Waals surface area contributed by atoms with Gasteiger partial charge in [0.2, 0.25) is 0 Å². The Kier molecular flexibility index (Phi) is 1.64. The number of hydrogen-bond donors (Lipinski definition) is 0. The number of ether oxygens (including phenoxy) is 1. The molecule has 1 aliphatic rings. The fraction of sp³-hybridized carbons (Fsp3) is 0.444. The quantitative estimate of drug-likeness (QED) is 0.576. The Hall–Kier alpha value is -1.25. The lowest BCUT2D eigenvalue weighted by molar-refractivity contribution is 0.310. The van der Waals surface area contributed by atoms with Crippen LogP contribution in [0.15, 0.2) is 12.3 Å². The van der Waals surface area contributed by atoms with E-state index >= 15 is 0 Å². The van der Waals surface area contributed by atoms with Gasteiger partial charge in [0.25, 0.3) is 0 Å². The Bertz CT molecular complexity index is 299. The summed E-state index contributed by atoms with van der Waals surface area (Å²) in [5.74, 6) is 0.955. The van der Waals surface area contributed by atoms with Gasteiger partial charge in [0, 0.05) is 18.8 Å². The highest BCUT2D eigenvalue weighted by molar-refractivity contribution is 5.58. The van der Waals surface area contributed by atoms with Crippen molar-refractivity contribution in [3.05, 3.63) is 18.0 Å². The average molecular weight is 164 g/mol. The molecule has 0 N–H and O–H groups in total. The highest BCUT2D eigenvalue weighted by Crippen LogP contribution is 2.29. The van der Waals surface area contributed by atoms with Crippen molar-refractivity contribution in [2.75, 3.05) is 25.1 Å². The number of fused-ring (bicyclic) bond motifs is 1. The summed E-state index contributed by atoms with van der Waals surface area (Å²) in [5.41, 5.74) is 2.09. The second-order valence-electron chi connectivity index (χ2n) is 3.06. The van der Waals surface area contributed by atoms with Crippen LogP contribution in [-0.2, 0) is 0 Å². The van der Waals surface area contributed by atoms with Crippen LogP contribution in [0.5, 0.6) is 5.75 Å². The SMILES string of the molecule is Cc1cc2c(cn1)N(C)CCO2. The van der Waals surface area contributed by atoms with Crippen LogP contribution in [0.1, 0.15) is 5.69 Å².